The number of hydrogen-bond donors (Lipinski definition) is 4. The predicted octanol–water partition coefficient (Wildman–Crippen LogP) is -0.754. The summed E-state index contributed by atoms with van der Waals surface area (Å²) in [5.74, 6) is -0.379. The minimum Gasteiger partial charge on any atom is -0.427 e. The summed E-state index contributed by atoms with van der Waals surface area (Å²) < 4.78 is 0. The third-order valence-corrected chi connectivity index (χ3v) is 2.60. The lowest BCUT2D eigenvalue weighted by Gasteiger charge is -2.27. The van der Waals surface area contributed by atoms with Gasteiger partial charge >= 0.3 is 14.2 Å². The van der Waals surface area contributed by atoms with Crippen molar-refractivity contribution in [2.24, 2.45) is 0 Å². The Hall–Kier alpha value is -0.0301. The van der Waals surface area contributed by atoms with E-state index in [0.717, 1.165) is 19.3 Å². The molecular weight excluding hydrogens is 158 g/mol. The van der Waals surface area contributed by atoms with E-state index in [1.54, 1.807) is 0 Å². The molecule has 0 aromatic heterocycles. The second kappa shape index (κ2) is 4.28. The SMILES string of the molecule is OB(O)C1CCCC(B(O)O)C1. The van der Waals surface area contributed by atoms with Gasteiger partial charge in [0, 0.05) is 0 Å². The van der Waals surface area contributed by atoms with Crippen molar-refractivity contribution in [3.05, 3.63) is 0 Å². The molecule has 2 unspecified atom stereocenters. The average molecular weight is 172 g/mol. The molecule has 0 heterocycles. The van der Waals surface area contributed by atoms with Gasteiger partial charge in [-0.2, -0.15) is 0 Å². The van der Waals surface area contributed by atoms with Gasteiger partial charge in [0.05, 0.1) is 0 Å². The third-order valence-electron chi connectivity index (χ3n) is 2.60. The summed E-state index contributed by atoms with van der Waals surface area (Å²) >= 11 is 0. The summed E-state index contributed by atoms with van der Waals surface area (Å²) in [6, 6.07) is 0. The molecule has 1 rings (SSSR count). The molecule has 0 aliphatic heterocycles. The fraction of sp³-hybridized carbons (Fsp3) is 1.00. The molecule has 12 heavy (non-hydrogen) atoms. The zero-order valence-electron chi connectivity index (χ0n) is 6.93. The van der Waals surface area contributed by atoms with E-state index in [9.17, 15) is 0 Å². The molecule has 0 aromatic rings. The average Bonchev–Trinajstić information content (AvgIpc) is 2.04. The highest BCUT2D eigenvalue weighted by atomic mass is 16.4. The molecule has 0 radical (unpaired) electrons. The monoisotopic (exact) mass is 172 g/mol. The molecule has 68 valence electrons. The van der Waals surface area contributed by atoms with Gasteiger partial charge in [-0.25, -0.2) is 0 Å². The summed E-state index contributed by atoms with van der Waals surface area (Å²) in [5.41, 5.74) is 0. The van der Waals surface area contributed by atoms with E-state index >= 15 is 0 Å². The van der Waals surface area contributed by atoms with Crippen LogP contribution in [-0.2, 0) is 0 Å². The molecule has 1 saturated carbocycles. The fourth-order valence-electron chi connectivity index (χ4n) is 1.81. The van der Waals surface area contributed by atoms with Crippen LogP contribution in [0, 0.1) is 0 Å². The molecule has 0 saturated heterocycles. The number of rotatable bonds is 2. The minimum atomic E-state index is -1.31. The molecule has 0 bridgehead atoms. The van der Waals surface area contributed by atoms with Gasteiger partial charge < -0.3 is 20.1 Å². The fourth-order valence-corrected chi connectivity index (χ4v) is 1.81. The van der Waals surface area contributed by atoms with Gasteiger partial charge in [-0.15, -0.1) is 0 Å². The predicted molar refractivity (Wildman–Crippen MR) is 46.4 cm³/mol. The Bertz CT molecular complexity index is 128. The smallest absolute Gasteiger partial charge is 0.427 e. The summed E-state index contributed by atoms with van der Waals surface area (Å²) in [6.07, 6.45) is 2.86. The van der Waals surface area contributed by atoms with Gasteiger partial charge in [0.25, 0.3) is 0 Å². The molecule has 6 heteroatoms. The van der Waals surface area contributed by atoms with Crippen LogP contribution < -0.4 is 0 Å². The maximum atomic E-state index is 8.87. The topological polar surface area (TPSA) is 80.9 Å². The van der Waals surface area contributed by atoms with Crippen molar-refractivity contribution < 1.29 is 20.1 Å². The van der Waals surface area contributed by atoms with Gasteiger partial charge in [-0.1, -0.05) is 25.7 Å². The minimum absolute atomic E-state index is 0.189. The molecule has 0 spiro atoms. The van der Waals surface area contributed by atoms with Crippen molar-refractivity contribution in [3.8, 4) is 0 Å². The van der Waals surface area contributed by atoms with Crippen molar-refractivity contribution >= 4 is 14.2 Å². The summed E-state index contributed by atoms with van der Waals surface area (Å²) in [5, 5.41) is 35.5. The van der Waals surface area contributed by atoms with Crippen LogP contribution in [-0.4, -0.2) is 34.3 Å². The molecule has 4 N–H and O–H groups in total. The standard InChI is InChI=1S/C6H14B2O4/c9-7(10)5-2-1-3-6(4-5)8(11)12/h5-6,9-12H,1-4H2. The highest BCUT2D eigenvalue weighted by molar-refractivity contribution is 6.45. The van der Waals surface area contributed by atoms with Crippen molar-refractivity contribution in [1.29, 1.82) is 0 Å². The second-order valence-corrected chi connectivity index (χ2v) is 3.51. The Morgan fingerprint density at radius 3 is 1.58 bits per heavy atom. The van der Waals surface area contributed by atoms with Crippen molar-refractivity contribution in [2.45, 2.75) is 37.3 Å². The quantitative estimate of drug-likeness (QED) is 0.413. The second-order valence-electron chi connectivity index (χ2n) is 3.51. The van der Waals surface area contributed by atoms with Crippen LogP contribution in [0.15, 0.2) is 0 Å². The summed E-state index contributed by atoms with van der Waals surface area (Å²) in [4.78, 5) is 0. The van der Waals surface area contributed by atoms with E-state index in [2.05, 4.69) is 0 Å². The molecule has 0 aromatic carbocycles. The molecule has 1 aliphatic carbocycles. The maximum Gasteiger partial charge on any atom is 0.454 e. The maximum absolute atomic E-state index is 8.87. The van der Waals surface area contributed by atoms with Crippen LogP contribution in [0.25, 0.3) is 0 Å². The first-order chi connectivity index (χ1) is 5.61. The Morgan fingerprint density at radius 2 is 1.25 bits per heavy atom. The Kier molecular flexibility index (Phi) is 3.58. The summed E-state index contributed by atoms with van der Waals surface area (Å²) in [6.45, 7) is 0. The first kappa shape index (κ1) is 10.1. The van der Waals surface area contributed by atoms with Crippen LogP contribution in [0.5, 0.6) is 0 Å². The molecular formula is C6H14B2O4. The van der Waals surface area contributed by atoms with Crippen LogP contribution >= 0.6 is 0 Å². The Balaban J connectivity index is 2.40. The lowest BCUT2D eigenvalue weighted by atomic mass is 9.55. The summed E-state index contributed by atoms with van der Waals surface area (Å²) in [7, 11) is -2.63. The lowest BCUT2D eigenvalue weighted by Crippen LogP contribution is -2.30. The first-order valence-electron chi connectivity index (χ1n) is 4.33. The third kappa shape index (κ3) is 2.48. The highest BCUT2D eigenvalue weighted by Crippen LogP contribution is 2.37. The zero-order valence-corrected chi connectivity index (χ0v) is 6.93. The largest absolute Gasteiger partial charge is 0.454 e. The van der Waals surface area contributed by atoms with E-state index in [-0.39, 0.29) is 11.6 Å². The van der Waals surface area contributed by atoms with E-state index in [0.29, 0.717) is 6.42 Å². The van der Waals surface area contributed by atoms with Crippen molar-refractivity contribution in [2.75, 3.05) is 0 Å². The lowest BCUT2D eigenvalue weighted by molar-refractivity contribution is 0.319. The first-order valence-corrected chi connectivity index (χ1v) is 4.33. The van der Waals surface area contributed by atoms with Gasteiger partial charge in [-0.3, -0.25) is 0 Å². The zero-order chi connectivity index (χ0) is 9.14. The van der Waals surface area contributed by atoms with E-state index < -0.39 is 14.2 Å². The van der Waals surface area contributed by atoms with Crippen LogP contribution in [0.1, 0.15) is 25.7 Å². The van der Waals surface area contributed by atoms with E-state index in [1.807, 2.05) is 0 Å². The van der Waals surface area contributed by atoms with Crippen molar-refractivity contribution in [3.63, 3.8) is 0 Å². The highest BCUT2D eigenvalue weighted by Gasteiger charge is 2.34. The van der Waals surface area contributed by atoms with Crippen molar-refractivity contribution in [1.82, 2.24) is 0 Å². The van der Waals surface area contributed by atoms with E-state index in [1.165, 1.54) is 0 Å². The van der Waals surface area contributed by atoms with E-state index in [4.69, 9.17) is 20.1 Å². The van der Waals surface area contributed by atoms with Gasteiger partial charge in [0.2, 0.25) is 0 Å². The Morgan fingerprint density at radius 1 is 0.833 bits per heavy atom. The van der Waals surface area contributed by atoms with Crippen LogP contribution in [0.2, 0.25) is 11.6 Å². The molecule has 2 atom stereocenters. The van der Waals surface area contributed by atoms with Crippen LogP contribution in [0.3, 0.4) is 0 Å². The van der Waals surface area contributed by atoms with Gasteiger partial charge in [-0.05, 0) is 11.6 Å². The number of hydrogen-bond acceptors (Lipinski definition) is 4. The molecule has 1 fully saturated rings. The molecule has 4 nitrogen and oxygen atoms in total. The molecule has 1 aliphatic rings. The van der Waals surface area contributed by atoms with Gasteiger partial charge in [0.15, 0.2) is 0 Å². The Labute approximate surface area is 72.5 Å². The van der Waals surface area contributed by atoms with Crippen LogP contribution in [0.4, 0.5) is 0 Å². The van der Waals surface area contributed by atoms with Gasteiger partial charge in [0.1, 0.15) is 0 Å². The molecule has 0 amide bonds. The normalized spacial score (nSPS) is 30.0.